The summed E-state index contributed by atoms with van der Waals surface area (Å²) >= 11 is 3.54. The lowest BCUT2D eigenvalue weighted by atomic mass is 9.96. The summed E-state index contributed by atoms with van der Waals surface area (Å²) in [6.45, 7) is 7.21. The van der Waals surface area contributed by atoms with Crippen LogP contribution in [0.3, 0.4) is 0 Å². The van der Waals surface area contributed by atoms with Gasteiger partial charge in [-0.05, 0) is 43.1 Å². The summed E-state index contributed by atoms with van der Waals surface area (Å²) < 4.78 is 7.94. The predicted molar refractivity (Wildman–Crippen MR) is 71.2 cm³/mol. The van der Waals surface area contributed by atoms with Crippen molar-refractivity contribution in [2.75, 3.05) is 13.7 Å². The first-order valence-electron chi connectivity index (χ1n) is 5.84. The first-order valence-corrected chi connectivity index (χ1v) is 6.63. The molecule has 0 aromatic carbocycles. The lowest BCUT2D eigenvalue weighted by Crippen LogP contribution is -2.30. The molecule has 1 N–H and O–H groups in total. The minimum Gasteiger partial charge on any atom is -0.390 e. The van der Waals surface area contributed by atoms with E-state index in [1.165, 1.54) is 0 Å². The van der Waals surface area contributed by atoms with E-state index in [2.05, 4.69) is 21.0 Å². The molecular formula is C12H21BrN2O2. The van der Waals surface area contributed by atoms with Gasteiger partial charge in [0.25, 0.3) is 0 Å². The van der Waals surface area contributed by atoms with Gasteiger partial charge in [0, 0.05) is 26.7 Å². The highest BCUT2D eigenvalue weighted by Crippen LogP contribution is 2.26. The standard InChI is InChI=1S/C12H21BrN2O2/c1-5-15-10(11(13)9(2)14-15)8-12(3,16)6-7-17-4/h16H,5-8H2,1-4H3. The second-order valence-corrected chi connectivity index (χ2v) is 5.37. The Kier molecular flexibility index (Phi) is 5.16. The first kappa shape index (κ1) is 14.7. The van der Waals surface area contributed by atoms with Crippen molar-refractivity contribution in [3.63, 3.8) is 0 Å². The summed E-state index contributed by atoms with van der Waals surface area (Å²) in [5.74, 6) is 0. The maximum absolute atomic E-state index is 10.3. The number of aromatic nitrogens is 2. The third-order valence-corrected chi connectivity index (χ3v) is 3.88. The van der Waals surface area contributed by atoms with E-state index < -0.39 is 5.60 Å². The van der Waals surface area contributed by atoms with Crippen LogP contribution in [0.25, 0.3) is 0 Å². The Bertz CT molecular complexity index is 375. The average molecular weight is 305 g/mol. The van der Waals surface area contributed by atoms with E-state index in [9.17, 15) is 5.11 Å². The van der Waals surface area contributed by atoms with Gasteiger partial charge in [-0.15, -0.1) is 0 Å². The number of methoxy groups -OCH3 is 1. The van der Waals surface area contributed by atoms with E-state index >= 15 is 0 Å². The van der Waals surface area contributed by atoms with E-state index in [1.807, 2.05) is 25.5 Å². The summed E-state index contributed by atoms with van der Waals surface area (Å²) in [6.07, 6.45) is 1.19. The van der Waals surface area contributed by atoms with Gasteiger partial charge < -0.3 is 9.84 Å². The number of hydrogen-bond acceptors (Lipinski definition) is 3. The molecular weight excluding hydrogens is 284 g/mol. The number of halogens is 1. The third-order valence-electron chi connectivity index (χ3n) is 2.85. The fourth-order valence-corrected chi connectivity index (χ4v) is 2.23. The van der Waals surface area contributed by atoms with Crippen LogP contribution in [0.4, 0.5) is 0 Å². The molecule has 1 aromatic rings. The summed E-state index contributed by atoms with van der Waals surface area (Å²) in [7, 11) is 1.65. The molecule has 0 saturated carbocycles. The maximum Gasteiger partial charge on any atom is 0.0738 e. The molecule has 5 heteroatoms. The highest BCUT2D eigenvalue weighted by molar-refractivity contribution is 9.10. The van der Waals surface area contributed by atoms with Crippen molar-refractivity contribution in [1.82, 2.24) is 9.78 Å². The zero-order valence-electron chi connectivity index (χ0n) is 11.0. The number of hydrogen-bond donors (Lipinski definition) is 1. The zero-order valence-corrected chi connectivity index (χ0v) is 12.5. The van der Waals surface area contributed by atoms with Crippen LogP contribution in [-0.4, -0.2) is 34.2 Å². The lowest BCUT2D eigenvalue weighted by molar-refractivity contribution is 0.0232. The second kappa shape index (κ2) is 5.98. The van der Waals surface area contributed by atoms with E-state index in [0.717, 1.165) is 22.4 Å². The van der Waals surface area contributed by atoms with E-state index in [1.54, 1.807) is 7.11 Å². The van der Waals surface area contributed by atoms with Crippen molar-refractivity contribution in [3.05, 3.63) is 15.9 Å². The van der Waals surface area contributed by atoms with Crippen molar-refractivity contribution in [3.8, 4) is 0 Å². The van der Waals surface area contributed by atoms with Crippen LogP contribution in [0.5, 0.6) is 0 Å². The normalized spacial score (nSPS) is 14.9. The van der Waals surface area contributed by atoms with Crippen LogP contribution in [0.1, 0.15) is 31.7 Å². The fourth-order valence-electron chi connectivity index (χ4n) is 1.81. The molecule has 0 aliphatic carbocycles. The monoisotopic (exact) mass is 304 g/mol. The Labute approximate surface area is 111 Å². The van der Waals surface area contributed by atoms with Crippen molar-refractivity contribution in [2.45, 2.75) is 45.8 Å². The van der Waals surface area contributed by atoms with Gasteiger partial charge in [0.15, 0.2) is 0 Å². The average Bonchev–Trinajstić information content (AvgIpc) is 2.54. The first-order chi connectivity index (χ1) is 7.91. The molecule has 1 rings (SSSR count). The molecule has 0 bridgehead atoms. The number of aryl methyl sites for hydroxylation is 2. The van der Waals surface area contributed by atoms with Crippen LogP contribution in [0.15, 0.2) is 4.47 Å². The molecule has 0 aliphatic heterocycles. The van der Waals surface area contributed by atoms with Crippen molar-refractivity contribution >= 4 is 15.9 Å². The molecule has 0 spiro atoms. The number of aliphatic hydroxyl groups is 1. The van der Waals surface area contributed by atoms with Gasteiger partial charge in [-0.3, -0.25) is 4.68 Å². The smallest absolute Gasteiger partial charge is 0.0738 e. The van der Waals surface area contributed by atoms with E-state index in [4.69, 9.17) is 4.74 Å². The summed E-state index contributed by atoms with van der Waals surface area (Å²) in [4.78, 5) is 0. The van der Waals surface area contributed by atoms with Gasteiger partial charge in [-0.1, -0.05) is 0 Å². The van der Waals surface area contributed by atoms with E-state index in [-0.39, 0.29) is 0 Å². The molecule has 1 heterocycles. The quantitative estimate of drug-likeness (QED) is 0.877. The number of rotatable bonds is 6. The molecule has 1 unspecified atom stereocenters. The van der Waals surface area contributed by atoms with Crippen LogP contribution in [0.2, 0.25) is 0 Å². The van der Waals surface area contributed by atoms with Crippen LogP contribution < -0.4 is 0 Å². The van der Waals surface area contributed by atoms with Crippen LogP contribution in [0, 0.1) is 6.92 Å². The van der Waals surface area contributed by atoms with Crippen LogP contribution in [-0.2, 0) is 17.7 Å². The van der Waals surface area contributed by atoms with Crippen LogP contribution >= 0.6 is 15.9 Å². The zero-order chi connectivity index (χ0) is 13.1. The fraction of sp³-hybridized carbons (Fsp3) is 0.750. The molecule has 17 heavy (non-hydrogen) atoms. The minimum absolute atomic E-state index is 0.559. The molecule has 0 aliphatic rings. The van der Waals surface area contributed by atoms with Gasteiger partial charge in [-0.2, -0.15) is 5.10 Å². The van der Waals surface area contributed by atoms with Gasteiger partial charge in [0.2, 0.25) is 0 Å². The van der Waals surface area contributed by atoms with Crippen molar-refractivity contribution in [2.24, 2.45) is 0 Å². The second-order valence-electron chi connectivity index (χ2n) is 4.58. The highest BCUT2D eigenvalue weighted by atomic mass is 79.9. The SMILES string of the molecule is CCn1nc(C)c(Br)c1CC(C)(O)CCOC. The Balaban J connectivity index is 2.86. The molecule has 0 radical (unpaired) electrons. The number of nitrogens with zero attached hydrogens (tertiary/aromatic N) is 2. The summed E-state index contributed by atoms with van der Waals surface area (Å²) in [6, 6.07) is 0. The topological polar surface area (TPSA) is 47.3 Å². The summed E-state index contributed by atoms with van der Waals surface area (Å²) in [5.41, 5.74) is 1.24. The molecule has 4 nitrogen and oxygen atoms in total. The van der Waals surface area contributed by atoms with Gasteiger partial charge in [0.1, 0.15) is 0 Å². The van der Waals surface area contributed by atoms with Crippen molar-refractivity contribution in [1.29, 1.82) is 0 Å². The molecule has 98 valence electrons. The van der Waals surface area contributed by atoms with Gasteiger partial charge in [-0.25, -0.2) is 0 Å². The van der Waals surface area contributed by atoms with E-state index in [0.29, 0.717) is 19.4 Å². The Morgan fingerprint density at radius 1 is 1.53 bits per heavy atom. The highest BCUT2D eigenvalue weighted by Gasteiger charge is 2.25. The molecule has 1 atom stereocenters. The molecule has 1 aromatic heterocycles. The Hall–Kier alpha value is -0.390. The Morgan fingerprint density at radius 2 is 2.18 bits per heavy atom. The summed E-state index contributed by atoms with van der Waals surface area (Å²) in [5, 5.41) is 14.7. The number of ether oxygens (including phenoxy) is 1. The van der Waals surface area contributed by atoms with Gasteiger partial charge in [0.05, 0.1) is 21.5 Å². The maximum atomic E-state index is 10.3. The van der Waals surface area contributed by atoms with Gasteiger partial charge >= 0.3 is 0 Å². The minimum atomic E-state index is -0.766. The lowest BCUT2D eigenvalue weighted by Gasteiger charge is -2.23. The third kappa shape index (κ3) is 3.79. The largest absolute Gasteiger partial charge is 0.390 e. The molecule has 0 fully saturated rings. The Morgan fingerprint density at radius 3 is 2.71 bits per heavy atom. The van der Waals surface area contributed by atoms with Crippen molar-refractivity contribution < 1.29 is 9.84 Å². The molecule has 0 saturated heterocycles. The predicted octanol–water partition coefficient (Wildman–Crippen LogP) is 2.30. The molecule has 0 amide bonds.